The highest BCUT2D eigenvalue weighted by molar-refractivity contribution is 14.1. The summed E-state index contributed by atoms with van der Waals surface area (Å²) < 4.78 is 26.6. The Bertz CT molecular complexity index is 895. The van der Waals surface area contributed by atoms with Gasteiger partial charge in [0.1, 0.15) is 0 Å². The summed E-state index contributed by atoms with van der Waals surface area (Å²) in [6, 6.07) is 12.3. The van der Waals surface area contributed by atoms with Gasteiger partial charge in [-0.3, -0.25) is 4.79 Å². The second kappa shape index (κ2) is 7.84. The van der Waals surface area contributed by atoms with Crippen molar-refractivity contribution in [2.45, 2.75) is 18.7 Å². The molecule has 0 aromatic heterocycles. The Hall–Kier alpha value is -1.45. The van der Waals surface area contributed by atoms with E-state index in [0.717, 1.165) is 15.6 Å². The number of hydrogen-bond acceptors (Lipinski definition) is 3. The normalized spacial score (nSPS) is 11.6. The fourth-order valence-electron chi connectivity index (χ4n) is 2.47. The van der Waals surface area contributed by atoms with Crippen molar-refractivity contribution in [1.82, 2.24) is 4.31 Å². The molecule has 134 valence electrons. The van der Waals surface area contributed by atoms with Crippen molar-refractivity contribution in [1.29, 1.82) is 0 Å². The van der Waals surface area contributed by atoms with Gasteiger partial charge in [0.15, 0.2) is 0 Å². The lowest BCUT2D eigenvalue weighted by Gasteiger charge is -2.24. The van der Waals surface area contributed by atoms with E-state index in [1.165, 1.54) is 26.2 Å². The first kappa shape index (κ1) is 19.9. The Morgan fingerprint density at radius 1 is 1.12 bits per heavy atom. The SMILES string of the molecule is CCN(C(=O)c1cc(S(=O)(=O)N(C)C)ccc1I)c1ccccc1C. The van der Waals surface area contributed by atoms with E-state index in [1.807, 2.05) is 38.1 Å². The Labute approximate surface area is 162 Å². The highest BCUT2D eigenvalue weighted by Crippen LogP contribution is 2.25. The minimum Gasteiger partial charge on any atom is -0.308 e. The molecule has 0 N–H and O–H groups in total. The van der Waals surface area contributed by atoms with E-state index >= 15 is 0 Å². The van der Waals surface area contributed by atoms with Gasteiger partial charge in [0.05, 0.1) is 10.5 Å². The minimum absolute atomic E-state index is 0.113. The van der Waals surface area contributed by atoms with Crippen LogP contribution in [0.4, 0.5) is 5.69 Å². The summed E-state index contributed by atoms with van der Waals surface area (Å²) in [4.78, 5) is 14.9. The standard InChI is InChI=1S/C18H21IN2O3S/c1-5-21(17-9-7-6-8-13(17)2)18(22)15-12-14(10-11-16(15)19)25(23,24)20(3)4/h6-12H,5H2,1-4H3. The lowest BCUT2D eigenvalue weighted by atomic mass is 10.1. The van der Waals surface area contributed by atoms with E-state index in [1.54, 1.807) is 11.0 Å². The quantitative estimate of drug-likeness (QED) is 0.626. The summed E-state index contributed by atoms with van der Waals surface area (Å²) in [5, 5.41) is 0. The van der Waals surface area contributed by atoms with Crippen LogP contribution in [0.15, 0.2) is 47.4 Å². The van der Waals surface area contributed by atoms with Crippen molar-refractivity contribution in [3.05, 3.63) is 57.2 Å². The van der Waals surface area contributed by atoms with Crippen molar-refractivity contribution in [3.63, 3.8) is 0 Å². The van der Waals surface area contributed by atoms with Gasteiger partial charge in [-0.15, -0.1) is 0 Å². The zero-order valence-corrected chi connectivity index (χ0v) is 17.6. The molecule has 0 atom stereocenters. The van der Waals surface area contributed by atoms with Crippen molar-refractivity contribution < 1.29 is 13.2 Å². The number of hydrogen-bond donors (Lipinski definition) is 0. The third kappa shape index (κ3) is 4.04. The van der Waals surface area contributed by atoms with Crippen molar-refractivity contribution >= 4 is 44.2 Å². The van der Waals surface area contributed by atoms with Crippen LogP contribution in [0.5, 0.6) is 0 Å². The molecule has 0 saturated heterocycles. The van der Waals surface area contributed by atoms with E-state index < -0.39 is 10.0 Å². The van der Waals surface area contributed by atoms with Crippen LogP contribution in [-0.4, -0.2) is 39.3 Å². The molecule has 0 unspecified atom stereocenters. The predicted molar refractivity (Wildman–Crippen MR) is 109 cm³/mol. The molecule has 2 rings (SSSR count). The predicted octanol–water partition coefficient (Wildman–Crippen LogP) is 3.52. The molecule has 2 aromatic carbocycles. The number of benzene rings is 2. The van der Waals surface area contributed by atoms with E-state index in [2.05, 4.69) is 22.6 Å². The third-order valence-electron chi connectivity index (χ3n) is 3.91. The van der Waals surface area contributed by atoms with E-state index in [9.17, 15) is 13.2 Å². The zero-order chi connectivity index (χ0) is 18.8. The second-order valence-electron chi connectivity index (χ2n) is 5.76. The second-order valence-corrected chi connectivity index (χ2v) is 9.08. The van der Waals surface area contributed by atoms with Crippen LogP contribution >= 0.6 is 22.6 Å². The molecule has 0 saturated carbocycles. The first-order valence-corrected chi connectivity index (χ1v) is 10.3. The smallest absolute Gasteiger partial charge is 0.259 e. The molecule has 7 heteroatoms. The largest absolute Gasteiger partial charge is 0.308 e. The molecule has 0 spiro atoms. The first-order chi connectivity index (χ1) is 11.7. The number of nitrogens with zero attached hydrogens (tertiary/aromatic N) is 2. The Balaban J connectivity index is 2.53. The van der Waals surface area contributed by atoms with Gasteiger partial charge >= 0.3 is 0 Å². The van der Waals surface area contributed by atoms with Crippen LogP contribution < -0.4 is 4.90 Å². The molecule has 0 fully saturated rings. The molecule has 0 radical (unpaired) electrons. The zero-order valence-electron chi connectivity index (χ0n) is 14.7. The number of sulfonamides is 1. The number of aryl methyl sites for hydroxylation is 1. The molecule has 25 heavy (non-hydrogen) atoms. The monoisotopic (exact) mass is 472 g/mol. The summed E-state index contributed by atoms with van der Waals surface area (Å²) in [5.41, 5.74) is 2.20. The number of rotatable bonds is 5. The maximum absolute atomic E-state index is 13.1. The molecule has 5 nitrogen and oxygen atoms in total. The van der Waals surface area contributed by atoms with Gasteiger partial charge < -0.3 is 4.90 Å². The van der Waals surface area contributed by atoms with Crippen LogP contribution in [-0.2, 0) is 10.0 Å². The lowest BCUT2D eigenvalue weighted by molar-refractivity contribution is 0.0987. The molecule has 2 aromatic rings. The third-order valence-corrected chi connectivity index (χ3v) is 6.67. The summed E-state index contributed by atoms with van der Waals surface area (Å²) in [5.74, 6) is -0.211. The van der Waals surface area contributed by atoms with Crippen LogP contribution in [0.25, 0.3) is 0 Å². The maximum Gasteiger partial charge on any atom is 0.259 e. The number of amides is 1. The number of anilines is 1. The average Bonchev–Trinajstić information content (AvgIpc) is 2.57. The number of carbonyl (C=O) groups excluding carboxylic acids is 1. The van der Waals surface area contributed by atoms with Gasteiger partial charge in [0.25, 0.3) is 5.91 Å². The molecule has 0 aliphatic heterocycles. The molecule has 0 bridgehead atoms. The minimum atomic E-state index is -3.60. The van der Waals surface area contributed by atoms with Crippen LogP contribution in [0.1, 0.15) is 22.8 Å². The molecular formula is C18H21IN2O3S. The Kier molecular flexibility index (Phi) is 6.23. The molecular weight excluding hydrogens is 451 g/mol. The van der Waals surface area contributed by atoms with Gasteiger partial charge in [-0.05, 0) is 66.3 Å². The van der Waals surface area contributed by atoms with Crippen LogP contribution in [0.3, 0.4) is 0 Å². The molecule has 0 heterocycles. The van der Waals surface area contributed by atoms with E-state index in [0.29, 0.717) is 15.7 Å². The number of carbonyl (C=O) groups is 1. The van der Waals surface area contributed by atoms with Crippen molar-refractivity contribution in [2.75, 3.05) is 25.5 Å². The first-order valence-electron chi connectivity index (χ1n) is 7.79. The summed E-state index contributed by atoms with van der Waals surface area (Å²) in [6.45, 7) is 4.34. The van der Waals surface area contributed by atoms with Crippen molar-refractivity contribution in [3.8, 4) is 0 Å². The van der Waals surface area contributed by atoms with Crippen molar-refractivity contribution in [2.24, 2.45) is 0 Å². The van der Waals surface area contributed by atoms with Crippen LogP contribution in [0, 0.1) is 10.5 Å². The maximum atomic E-state index is 13.1. The lowest BCUT2D eigenvalue weighted by Crippen LogP contribution is -2.32. The van der Waals surface area contributed by atoms with Gasteiger partial charge in [-0.1, -0.05) is 18.2 Å². The van der Waals surface area contributed by atoms with Gasteiger partial charge in [0.2, 0.25) is 10.0 Å². The summed E-state index contributed by atoms with van der Waals surface area (Å²) in [7, 11) is -0.650. The Morgan fingerprint density at radius 3 is 2.32 bits per heavy atom. The fraction of sp³-hybridized carbons (Fsp3) is 0.278. The topological polar surface area (TPSA) is 57.7 Å². The highest BCUT2D eigenvalue weighted by atomic mass is 127. The van der Waals surface area contributed by atoms with Gasteiger partial charge in [0, 0.05) is 29.9 Å². The summed E-state index contributed by atoms with van der Waals surface area (Å²) in [6.07, 6.45) is 0. The van der Waals surface area contributed by atoms with Gasteiger partial charge in [-0.25, -0.2) is 12.7 Å². The average molecular weight is 472 g/mol. The molecule has 1 amide bonds. The summed E-state index contributed by atoms with van der Waals surface area (Å²) >= 11 is 2.06. The van der Waals surface area contributed by atoms with Crippen LogP contribution in [0.2, 0.25) is 0 Å². The highest BCUT2D eigenvalue weighted by Gasteiger charge is 2.24. The van der Waals surface area contributed by atoms with E-state index in [4.69, 9.17) is 0 Å². The number of halogens is 1. The number of para-hydroxylation sites is 1. The Morgan fingerprint density at radius 2 is 1.76 bits per heavy atom. The molecule has 0 aliphatic rings. The van der Waals surface area contributed by atoms with E-state index in [-0.39, 0.29) is 10.8 Å². The molecule has 0 aliphatic carbocycles. The fourth-order valence-corrected chi connectivity index (χ4v) is 3.97. The van der Waals surface area contributed by atoms with Gasteiger partial charge in [-0.2, -0.15) is 0 Å².